The number of nitrogens with zero attached hydrogens (tertiary/aromatic N) is 3. The van der Waals surface area contributed by atoms with E-state index in [1.165, 1.54) is 6.07 Å². The first kappa shape index (κ1) is 12.4. The molecule has 0 radical (unpaired) electrons. The van der Waals surface area contributed by atoms with Gasteiger partial charge in [-0.1, -0.05) is 0 Å². The van der Waals surface area contributed by atoms with Crippen molar-refractivity contribution in [2.45, 2.75) is 6.43 Å². The van der Waals surface area contributed by atoms with Crippen LogP contribution in [0.15, 0.2) is 6.07 Å². The van der Waals surface area contributed by atoms with Crippen LogP contribution in [0.25, 0.3) is 0 Å². The second-order valence-electron chi connectivity index (χ2n) is 2.77. The molecule has 1 heterocycles. The van der Waals surface area contributed by atoms with Gasteiger partial charge in [0.2, 0.25) is 0 Å². The lowest BCUT2D eigenvalue weighted by Gasteiger charge is -2.04. The van der Waals surface area contributed by atoms with E-state index in [0.717, 1.165) is 0 Å². The molecule has 1 rings (SSSR count). The summed E-state index contributed by atoms with van der Waals surface area (Å²) in [4.78, 5) is 23.0. The highest BCUT2D eigenvalue weighted by Crippen LogP contribution is 2.29. The van der Waals surface area contributed by atoms with Gasteiger partial charge in [-0.25, -0.2) is 13.6 Å². The SMILES string of the molecule is N#Cc1cc(C(F)F)c(C(=O)O)c([N+](=O)[O-])n1. The van der Waals surface area contributed by atoms with Crippen molar-refractivity contribution in [2.75, 3.05) is 0 Å². The summed E-state index contributed by atoms with van der Waals surface area (Å²) in [5.41, 5.74) is -2.95. The highest BCUT2D eigenvalue weighted by Gasteiger charge is 2.31. The van der Waals surface area contributed by atoms with Gasteiger partial charge in [0.25, 0.3) is 12.1 Å². The summed E-state index contributed by atoms with van der Waals surface area (Å²) in [6.45, 7) is 0. The minimum atomic E-state index is -3.25. The first-order valence-corrected chi connectivity index (χ1v) is 3.99. The highest BCUT2D eigenvalue weighted by atomic mass is 19.3. The number of pyridine rings is 1. The van der Waals surface area contributed by atoms with E-state index < -0.39 is 40.0 Å². The summed E-state index contributed by atoms with van der Waals surface area (Å²) in [7, 11) is 0. The lowest BCUT2D eigenvalue weighted by molar-refractivity contribution is -0.390. The molecule has 0 unspecified atom stereocenters. The highest BCUT2D eigenvalue weighted by molar-refractivity contribution is 5.93. The molecule has 0 aromatic carbocycles. The smallest absolute Gasteiger partial charge is 0.380 e. The second-order valence-corrected chi connectivity index (χ2v) is 2.77. The molecule has 0 fully saturated rings. The van der Waals surface area contributed by atoms with Gasteiger partial charge in [-0.05, 0) is 9.91 Å². The third-order valence-corrected chi connectivity index (χ3v) is 1.77. The van der Waals surface area contributed by atoms with Crippen LogP contribution < -0.4 is 0 Å². The Hall–Kier alpha value is -2.63. The van der Waals surface area contributed by atoms with E-state index in [9.17, 15) is 23.7 Å². The minimum absolute atomic E-state index is 0.515. The molecule has 0 spiro atoms. The fraction of sp³-hybridized carbons (Fsp3) is 0.125. The fourth-order valence-corrected chi connectivity index (χ4v) is 1.13. The maximum atomic E-state index is 12.5. The molecule has 0 saturated heterocycles. The predicted molar refractivity (Wildman–Crippen MR) is 47.5 cm³/mol. The zero-order chi connectivity index (χ0) is 13.2. The minimum Gasteiger partial charge on any atom is -0.477 e. The Morgan fingerprint density at radius 1 is 1.65 bits per heavy atom. The van der Waals surface area contributed by atoms with Gasteiger partial charge in [0.1, 0.15) is 6.07 Å². The Morgan fingerprint density at radius 3 is 2.59 bits per heavy atom. The first-order valence-electron chi connectivity index (χ1n) is 3.99. The summed E-state index contributed by atoms with van der Waals surface area (Å²) in [6.07, 6.45) is -3.25. The van der Waals surface area contributed by atoms with Crippen molar-refractivity contribution in [3.63, 3.8) is 0 Å². The number of nitro groups is 1. The summed E-state index contributed by atoms with van der Waals surface area (Å²) in [5, 5.41) is 27.6. The molecule has 0 aliphatic carbocycles. The number of aromatic carboxylic acids is 1. The lowest BCUT2D eigenvalue weighted by Crippen LogP contribution is -2.10. The van der Waals surface area contributed by atoms with E-state index in [4.69, 9.17) is 10.4 Å². The molecule has 1 aromatic rings. The first-order chi connectivity index (χ1) is 7.88. The number of carboxylic acid groups (broad SMARTS) is 1. The van der Waals surface area contributed by atoms with Crippen LogP contribution in [0.2, 0.25) is 0 Å². The zero-order valence-electron chi connectivity index (χ0n) is 7.92. The van der Waals surface area contributed by atoms with Crippen LogP contribution >= 0.6 is 0 Å². The summed E-state index contributed by atoms with van der Waals surface area (Å²) in [6, 6.07) is 1.86. The number of hydrogen-bond donors (Lipinski definition) is 1. The van der Waals surface area contributed by atoms with E-state index in [1.54, 1.807) is 0 Å². The van der Waals surface area contributed by atoms with E-state index in [1.807, 2.05) is 0 Å². The van der Waals surface area contributed by atoms with Crippen LogP contribution in [0.4, 0.5) is 14.6 Å². The van der Waals surface area contributed by atoms with Crippen molar-refractivity contribution in [2.24, 2.45) is 0 Å². The third-order valence-electron chi connectivity index (χ3n) is 1.77. The van der Waals surface area contributed by atoms with Crippen LogP contribution in [-0.4, -0.2) is 21.0 Å². The molecule has 0 atom stereocenters. The van der Waals surface area contributed by atoms with Gasteiger partial charge < -0.3 is 15.2 Å². The van der Waals surface area contributed by atoms with Gasteiger partial charge in [-0.3, -0.25) is 0 Å². The number of hydrogen-bond acceptors (Lipinski definition) is 5. The molecule has 9 heteroatoms. The van der Waals surface area contributed by atoms with Gasteiger partial charge in [-0.15, -0.1) is 0 Å². The van der Waals surface area contributed by atoms with Crippen molar-refractivity contribution in [3.8, 4) is 6.07 Å². The normalized spacial score (nSPS) is 10.0. The molecule has 1 aromatic heterocycles. The fourth-order valence-electron chi connectivity index (χ4n) is 1.13. The Morgan fingerprint density at radius 2 is 2.24 bits per heavy atom. The van der Waals surface area contributed by atoms with Gasteiger partial charge in [0.15, 0.2) is 5.56 Å². The van der Waals surface area contributed by atoms with Crippen LogP contribution in [0.3, 0.4) is 0 Å². The number of halogens is 2. The molecule has 1 N–H and O–H groups in total. The molecule has 0 bridgehead atoms. The number of carboxylic acids is 1. The monoisotopic (exact) mass is 243 g/mol. The second kappa shape index (κ2) is 4.48. The summed E-state index contributed by atoms with van der Waals surface area (Å²) in [5.74, 6) is -3.17. The molecule has 0 aliphatic rings. The zero-order valence-corrected chi connectivity index (χ0v) is 7.92. The van der Waals surface area contributed by atoms with Crippen molar-refractivity contribution in [1.29, 1.82) is 5.26 Å². The molecule has 17 heavy (non-hydrogen) atoms. The van der Waals surface area contributed by atoms with Crippen molar-refractivity contribution < 1.29 is 23.6 Å². The Kier molecular flexibility index (Phi) is 3.28. The number of carbonyl (C=O) groups is 1. The van der Waals surface area contributed by atoms with Crippen LogP contribution in [0, 0.1) is 21.4 Å². The number of alkyl halides is 2. The largest absolute Gasteiger partial charge is 0.477 e. The van der Waals surface area contributed by atoms with Crippen LogP contribution in [0.1, 0.15) is 28.0 Å². The average molecular weight is 243 g/mol. The summed E-state index contributed by atoms with van der Waals surface area (Å²) >= 11 is 0. The van der Waals surface area contributed by atoms with E-state index in [0.29, 0.717) is 6.07 Å². The third kappa shape index (κ3) is 2.31. The Bertz CT molecular complexity index is 538. The van der Waals surface area contributed by atoms with Crippen molar-refractivity contribution >= 4 is 11.8 Å². The maximum Gasteiger partial charge on any atom is 0.380 e. The van der Waals surface area contributed by atoms with Gasteiger partial charge in [0.05, 0.1) is 0 Å². The number of nitriles is 1. The molecule has 0 saturated carbocycles. The lowest BCUT2D eigenvalue weighted by atomic mass is 10.1. The van der Waals surface area contributed by atoms with E-state index in [2.05, 4.69) is 4.98 Å². The van der Waals surface area contributed by atoms with Gasteiger partial charge in [0, 0.05) is 11.6 Å². The standard InChI is InChI=1S/C8H3F2N3O4/c9-6(10)4-1-3(2-11)12-7(13(16)17)5(4)8(14)15/h1,6H,(H,14,15). The average Bonchev–Trinajstić information content (AvgIpc) is 2.26. The number of aromatic nitrogens is 1. The molecule has 7 nitrogen and oxygen atoms in total. The van der Waals surface area contributed by atoms with Gasteiger partial charge >= 0.3 is 11.8 Å². The van der Waals surface area contributed by atoms with E-state index >= 15 is 0 Å². The topological polar surface area (TPSA) is 117 Å². The van der Waals surface area contributed by atoms with Crippen LogP contribution in [-0.2, 0) is 0 Å². The van der Waals surface area contributed by atoms with Crippen molar-refractivity contribution in [3.05, 3.63) is 33.0 Å². The molecule has 0 amide bonds. The number of rotatable bonds is 3. The van der Waals surface area contributed by atoms with Gasteiger partial charge in [-0.2, -0.15) is 5.26 Å². The Balaban J connectivity index is 3.69. The van der Waals surface area contributed by atoms with E-state index in [-0.39, 0.29) is 0 Å². The Labute approximate surface area is 92.1 Å². The summed E-state index contributed by atoms with van der Waals surface area (Å²) < 4.78 is 25.0. The molecular weight excluding hydrogens is 240 g/mol. The quantitative estimate of drug-likeness (QED) is 0.634. The molecule has 88 valence electrons. The molecular formula is C8H3F2N3O4. The maximum absolute atomic E-state index is 12.5. The molecule has 0 aliphatic heterocycles. The van der Waals surface area contributed by atoms with Crippen LogP contribution in [0.5, 0.6) is 0 Å². The van der Waals surface area contributed by atoms with Crippen molar-refractivity contribution in [1.82, 2.24) is 4.98 Å². The predicted octanol–water partition coefficient (Wildman–Crippen LogP) is 1.50.